The number of rotatable bonds is 6. The maximum Gasteiger partial charge on any atom is 0.277 e. The molecule has 1 aromatic heterocycles. The van der Waals surface area contributed by atoms with Crippen molar-refractivity contribution in [1.29, 1.82) is 0 Å². The molecule has 0 fully saturated rings. The van der Waals surface area contributed by atoms with Crippen LogP contribution in [0.15, 0.2) is 58.0 Å². The zero-order chi connectivity index (χ0) is 20.1. The standard InChI is InChI=1S/C19H19N5O4.ClH/c1-26-13-7-8-14(17(9-13)27-2)23-18(25)15-10-16(28-24-15)11-3-5-12(6-4-11)22-19(20)21;/h3-10H,1-2H3,(H,23,25)(H4,20,21,22);1H. The molecule has 0 aliphatic carbocycles. The molecule has 5 N–H and O–H groups in total. The third-order valence-corrected chi connectivity index (χ3v) is 3.81. The molecule has 0 bridgehead atoms. The highest BCUT2D eigenvalue weighted by Crippen LogP contribution is 2.30. The lowest BCUT2D eigenvalue weighted by Crippen LogP contribution is -2.21. The summed E-state index contributed by atoms with van der Waals surface area (Å²) in [6.45, 7) is 0. The highest BCUT2D eigenvalue weighted by Gasteiger charge is 2.16. The minimum atomic E-state index is -0.435. The van der Waals surface area contributed by atoms with Crippen LogP contribution in [-0.4, -0.2) is 31.2 Å². The van der Waals surface area contributed by atoms with Gasteiger partial charge in [-0.2, -0.15) is 0 Å². The number of hydrogen-bond acceptors (Lipinski definition) is 6. The van der Waals surface area contributed by atoms with Gasteiger partial charge >= 0.3 is 0 Å². The summed E-state index contributed by atoms with van der Waals surface area (Å²) < 4.78 is 15.7. The van der Waals surface area contributed by atoms with Gasteiger partial charge in [0, 0.05) is 17.7 Å². The zero-order valence-electron chi connectivity index (χ0n) is 15.7. The summed E-state index contributed by atoms with van der Waals surface area (Å²) in [7, 11) is 3.05. The van der Waals surface area contributed by atoms with E-state index in [0.717, 1.165) is 5.56 Å². The summed E-state index contributed by atoms with van der Waals surface area (Å²) in [5, 5.41) is 6.57. The molecular weight excluding hydrogens is 398 g/mol. The van der Waals surface area contributed by atoms with E-state index < -0.39 is 5.91 Å². The van der Waals surface area contributed by atoms with Gasteiger partial charge in [-0.05, 0) is 36.4 Å². The molecule has 0 radical (unpaired) electrons. The van der Waals surface area contributed by atoms with Crippen LogP contribution >= 0.6 is 12.4 Å². The van der Waals surface area contributed by atoms with Crippen molar-refractivity contribution >= 4 is 35.6 Å². The third kappa shape index (κ3) is 5.17. The van der Waals surface area contributed by atoms with Crippen LogP contribution in [0.4, 0.5) is 11.4 Å². The number of aliphatic imine (C=N–C) groups is 1. The normalized spacial score (nSPS) is 9.86. The number of hydrogen-bond donors (Lipinski definition) is 3. The van der Waals surface area contributed by atoms with E-state index in [4.69, 9.17) is 25.5 Å². The second-order valence-corrected chi connectivity index (χ2v) is 5.68. The van der Waals surface area contributed by atoms with Crippen molar-refractivity contribution in [2.45, 2.75) is 0 Å². The first-order chi connectivity index (χ1) is 13.5. The summed E-state index contributed by atoms with van der Waals surface area (Å²) >= 11 is 0. The molecule has 9 nitrogen and oxygen atoms in total. The fourth-order valence-electron chi connectivity index (χ4n) is 2.46. The number of amides is 1. The maximum atomic E-state index is 12.5. The lowest BCUT2D eigenvalue weighted by molar-refractivity contribution is 0.101. The van der Waals surface area contributed by atoms with Gasteiger partial charge in [-0.25, -0.2) is 4.99 Å². The van der Waals surface area contributed by atoms with Crippen LogP contribution < -0.4 is 26.3 Å². The third-order valence-electron chi connectivity index (χ3n) is 3.81. The molecule has 3 rings (SSSR count). The van der Waals surface area contributed by atoms with Gasteiger partial charge in [0.2, 0.25) is 0 Å². The van der Waals surface area contributed by atoms with Gasteiger partial charge in [0.25, 0.3) is 5.91 Å². The molecule has 0 saturated carbocycles. The molecule has 3 aromatic rings. The highest BCUT2D eigenvalue weighted by atomic mass is 35.5. The molecule has 0 saturated heterocycles. The minimum Gasteiger partial charge on any atom is -0.497 e. The Balaban J connectivity index is 0.00000300. The number of aromatic nitrogens is 1. The Kier molecular flexibility index (Phi) is 7.05. The number of carbonyl (C=O) groups is 1. The predicted octanol–water partition coefficient (Wildman–Crippen LogP) is 2.94. The molecule has 0 aliphatic rings. The maximum absolute atomic E-state index is 12.5. The molecular formula is C19H20ClN5O4. The van der Waals surface area contributed by atoms with Crippen molar-refractivity contribution in [3.63, 3.8) is 0 Å². The van der Waals surface area contributed by atoms with Gasteiger partial charge in [-0.1, -0.05) is 5.16 Å². The summed E-state index contributed by atoms with van der Waals surface area (Å²) in [5.74, 6) is 1.05. The molecule has 1 heterocycles. The van der Waals surface area contributed by atoms with E-state index in [-0.39, 0.29) is 24.1 Å². The topological polar surface area (TPSA) is 138 Å². The molecule has 0 atom stereocenters. The van der Waals surface area contributed by atoms with E-state index in [1.807, 2.05) is 0 Å². The lowest BCUT2D eigenvalue weighted by atomic mass is 10.1. The second-order valence-electron chi connectivity index (χ2n) is 5.68. The number of benzene rings is 2. The Morgan fingerprint density at radius 2 is 1.79 bits per heavy atom. The van der Waals surface area contributed by atoms with E-state index >= 15 is 0 Å². The number of guanidine groups is 1. The van der Waals surface area contributed by atoms with Crippen LogP contribution in [-0.2, 0) is 0 Å². The monoisotopic (exact) mass is 417 g/mol. The summed E-state index contributed by atoms with van der Waals surface area (Å²) in [5.41, 5.74) is 12.6. The van der Waals surface area contributed by atoms with Crippen LogP contribution in [0.1, 0.15) is 10.5 Å². The van der Waals surface area contributed by atoms with Crippen molar-refractivity contribution in [3.8, 4) is 22.8 Å². The smallest absolute Gasteiger partial charge is 0.277 e. The van der Waals surface area contributed by atoms with E-state index in [0.29, 0.717) is 28.6 Å². The number of nitrogens with zero attached hydrogens (tertiary/aromatic N) is 2. The molecule has 2 aromatic carbocycles. The van der Waals surface area contributed by atoms with Crippen molar-refractivity contribution in [1.82, 2.24) is 5.16 Å². The van der Waals surface area contributed by atoms with E-state index in [9.17, 15) is 4.79 Å². The van der Waals surface area contributed by atoms with Gasteiger partial charge < -0.3 is 30.8 Å². The van der Waals surface area contributed by atoms with E-state index in [2.05, 4.69) is 15.5 Å². The van der Waals surface area contributed by atoms with Crippen molar-refractivity contribution in [2.24, 2.45) is 16.5 Å². The number of anilines is 1. The molecule has 0 spiro atoms. The first-order valence-corrected chi connectivity index (χ1v) is 8.20. The van der Waals surface area contributed by atoms with Crippen molar-refractivity contribution < 1.29 is 18.8 Å². The SMILES string of the molecule is COc1ccc(NC(=O)c2cc(-c3ccc(N=C(N)N)cc3)on2)c(OC)c1.Cl. The first kappa shape index (κ1) is 21.6. The molecule has 10 heteroatoms. The Morgan fingerprint density at radius 3 is 2.41 bits per heavy atom. The fourth-order valence-corrected chi connectivity index (χ4v) is 2.46. The van der Waals surface area contributed by atoms with Crippen LogP contribution in [0.5, 0.6) is 11.5 Å². The van der Waals surface area contributed by atoms with Gasteiger partial charge in [0.15, 0.2) is 17.4 Å². The zero-order valence-corrected chi connectivity index (χ0v) is 16.5. The highest BCUT2D eigenvalue weighted by molar-refractivity contribution is 6.04. The molecule has 0 aliphatic heterocycles. The average molecular weight is 418 g/mol. The first-order valence-electron chi connectivity index (χ1n) is 8.20. The number of nitrogens with two attached hydrogens (primary N) is 2. The predicted molar refractivity (Wildman–Crippen MR) is 112 cm³/mol. The summed E-state index contributed by atoms with van der Waals surface area (Å²) in [6.07, 6.45) is 0. The van der Waals surface area contributed by atoms with Gasteiger partial charge in [-0.15, -0.1) is 12.4 Å². The number of nitrogens with one attached hydrogen (secondary N) is 1. The number of carbonyl (C=O) groups excluding carboxylic acids is 1. The summed E-state index contributed by atoms with van der Waals surface area (Å²) in [6, 6.07) is 13.6. The second kappa shape index (κ2) is 9.47. The molecule has 1 amide bonds. The fraction of sp³-hybridized carbons (Fsp3) is 0.105. The quantitative estimate of drug-likeness (QED) is 0.414. The Morgan fingerprint density at radius 1 is 1.07 bits per heavy atom. The van der Waals surface area contributed by atoms with Crippen LogP contribution in [0, 0.1) is 0 Å². The Bertz CT molecular complexity index is 1010. The molecule has 0 unspecified atom stereocenters. The number of halogens is 1. The Labute approximate surface area is 173 Å². The number of methoxy groups -OCH3 is 2. The average Bonchev–Trinajstić information content (AvgIpc) is 3.18. The van der Waals surface area contributed by atoms with Crippen molar-refractivity contribution in [3.05, 3.63) is 54.2 Å². The Hall–Kier alpha value is -3.72. The molecule has 29 heavy (non-hydrogen) atoms. The van der Waals surface area contributed by atoms with Crippen molar-refractivity contribution in [2.75, 3.05) is 19.5 Å². The van der Waals surface area contributed by atoms with Gasteiger partial charge in [-0.3, -0.25) is 4.79 Å². The van der Waals surface area contributed by atoms with Crippen LogP contribution in [0.25, 0.3) is 11.3 Å². The largest absolute Gasteiger partial charge is 0.497 e. The van der Waals surface area contributed by atoms with Gasteiger partial charge in [0.05, 0.1) is 25.6 Å². The lowest BCUT2D eigenvalue weighted by Gasteiger charge is -2.10. The van der Waals surface area contributed by atoms with E-state index in [1.165, 1.54) is 7.11 Å². The number of ether oxygens (including phenoxy) is 2. The van der Waals surface area contributed by atoms with Gasteiger partial charge in [0.1, 0.15) is 11.5 Å². The molecule has 152 valence electrons. The van der Waals surface area contributed by atoms with Crippen LogP contribution in [0.2, 0.25) is 0 Å². The van der Waals surface area contributed by atoms with Crippen LogP contribution in [0.3, 0.4) is 0 Å². The summed E-state index contributed by atoms with van der Waals surface area (Å²) in [4.78, 5) is 16.4. The van der Waals surface area contributed by atoms with E-state index in [1.54, 1.807) is 55.6 Å². The minimum absolute atomic E-state index is 0.